The van der Waals surface area contributed by atoms with E-state index >= 15 is 0 Å². The molecule has 1 aromatic carbocycles. The van der Waals surface area contributed by atoms with Crippen molar-refractivity contribution in [1.29, 1.82) is 0 Å². The van der Waals surface area contributed by atoms with Crippen molar-refractivity contribution >= 4 is 12.0 Å². The van der Waals surface area contributed by atoms with Crippen LogP contribution in [-0.4, -0.2) is 44.1 Å². The monoisotopic (exact) mass is 352 g/mol. The van der Waals surface area contributed by atoms with Crippen LogP contribution in [0.5, 0.6) is 5.75 Å². The molecule has 0 radical (unpaired) electrons. The number of rotatable bonds is 6. The lowest BCUT2D eigenvalue weighted by Gasteiger charge is -2.24. The van der Waals surface area contributed by atoms with Gasteiger partial charge in [0, 0.05) is 13.0 Å². The second-order valence-electron chi connectivity index (χ2n) is 6.19. The van der Waals surface area contributed by atoms with E-state index in [1.54, 1.807) is 32.9 Å². The topological polar surface area (TPSA) is 54.0 Å². The van der Waals surface area contributed by atoms with E-state index in [2.05, 4.69) is 0 Å². The quantitative estimate of drug-likeness (QED) is 0.735. The second-order valence-corrected chi connectivity index (χ2v) is 6.19. The van der Waals surface area contributed by atoms with Crippen molar-refractivity contribution in [2.45, 2.75) is 38.9 Å². The first-order valence-corrected chi connectivity index (χ1v) is 8.45. The standard InChI is InChI=1S/C19H25FO5/c1-4-23-18(21)19(2,3)25-17-8-6-14(13-16(17)20)5-7-15-9-10-22-11-12-24-15/h5-8,13,15H,4,9-12H2,1-3H3/b7-5+. The lowest BCUT2D eigenvalue weighted by atomic mass is 10.1. The molecule has 0 amide bonds. The largest absolute Gasteiger partial charge is 0.473 e. The zero-order valence-corrected chi connectivity index (χ0v) is 14.9. The molecule has 1 atom stereocenters. The average molecular weight is 352 g/mol. The molecule has 0 N–H and O–H groups in total. The van der Waals surface area contributed by atoms with Crippen LogP contribution in [0, 0.1) is 5.82 Å². The smallest absolute Gasteiger partial charge is 0.349 e. The third-order valence-electron chi connectivity index (χ3n) is 3.70. The minimum Gasteiger partial charge on any atom is -0.473 e. The van der Waals surface area contributed by atoms with Crippen LogP contribution in [0.25, 0.3) is 6.08 Å². The molecule has 1 heterocycles. The molecule has 0 saturated carbocycles. The van der Waals surface area contributed by atoms with Crippen molar-refractivity contribution in [3.63, 3.8) is 0 Å². The SMILES string of the molecule is CCOC(=O)C(C)(C)Oc1ccc(/C=C/C2CCOCCO2)cc1F. The number of esters is 1. The molecule has 25 heavy (non-hydrogen) atoms. The number of carbonyl (C=O) groups excluding carboxylic acids is 1. The Morgan fingerprint density at radius 1 is 1.36 bits per heavy atom. The Balaban J connectivity index is 2.03. The van der Waals surface area contributed by atoms with Gasteiger partial charge in [0.25, 0.3) is 0 Å². The van der Waals surface area contributed by atoms with E-state index in [1.165, 1.54) is 12.1 Å². The Bertz CT molecular complexity index is 604. The van der Waals surface area contributed by atoms with Gasteiger partial charge in [0.1, 0.15) is 0 Å². The molecule has 0 aromatic heterocycles. The number of hydrogen-bond acceptors (Lipinski definition) is 5. The Morgan fingerprint density at radius 2 is 2.16 bits per heavy atom. The maximum Gasteiger partial charge on any atom is 0.349 e. The fraction of sp³-hybridized carbons (Fsp3) is 0.526. The summed E-state index contributed by atoms with van der Waals surface area (Å²) in [6.45, 7) is 6.85. The van der Waals surface area contributed by atoms with Crippen LogP contribution >= 0.6 is 0 Å². The molecule has 0 aliphatic carbocycles. The Morgan fingerprint density at radius 3 is 2.88 bits per heavy atom. The van der Waals surface area contributed by atoms with Gasteiger partial charge in [-0.05, 0) is 38.5 Å². The fourth-order valence-corrected chi connectivity index (χ4v) is 2.34. The van der Waals surface area contributed by atoms with Gasteiger partial charge >= 0.3 is 5.97 Å². The van der Waals surface area contributed by atoms with Gasteiger partial charge in [0.15, 0.2) is 17.2 Å². The number of carbonyl (C=O) groups is 1. The molecule has 5 nitrogen and oxygen atoms in total. The van der Waals surface area contributed by atoms with Gasteiger partial charge in [-0.25, -0.2) is 9.18 Å². The van der Waals surface area contributed by atoms with Crippen LogP contribution in [0.4, 0.5) is 4.39 Å². The van der Waals surface area contributed by atoms with Gasteiger partial charge in [-0.3, -0.25) is 0 Å². The summed E-state index contributed by atoms with van der Waals surface area (Å²) in [5, 5.41) is 0. The first-order chi connectivity index (χ1) is 11.9. The first kappa shape index (κ1) is 19.4. The zero-order chi connectivity index (χ0) is 18.3. The van der Waals surface area contributed by atoms with E-state index in [9.17, 15) is 9.18 Å². The highest BCUT2D eigenvalue weighted by atomic mass is 19.1. The first-order valence-electron chi connectivity index (χ1n) is 8.45. The van der Waals surface area contributed by atoms with Gasteiger partial charge in [-0.1, -0.05) is 18.2 Å². The second kappa shape index (κ2) is 8.97. The number of benzene rings is 1. The molecule has 1 fully saturated rings. The minimum atomic E-state index is -1.26. The van der Waals surface area contributed by atoms with Crippen molar-refractivity contribution in [3.05, 3.63) is 35.7 Å². The zero-order valence-electron chi connectivity index (χ0n) is 14.9. The molecule has 1 saturated heterocycles. The lowest BCUT2D eigenvalue weighted by molar-refractivity contribution is -0.158. The maximum absolute atomic E-state index is 14.3. The van der Waals surface area contributed by atoms with E-state index in [0.717, 1.165) is 6.42 Å². The molecule has 138 valence electrons. The highest BCUT2D eigenvalue weighted by molar-refractivity contribution is 5.79. The molecular weight excluding hydrogens is 327 g/mol. The number of halogens is 1. The van der Waals surface area contributed by atoms with E-state index in [4.69, 9.17) is 18.9 Å². The van der Waals surface area contributed by atoms with E-state index in [-0.39, 0.29) is 18.5 Å². The van der Waals surface area contributed by atoms with Crippen molar-refractivity contribution in [2.24, 2.45) is 0 Å². The van der Waals surface area contributed by atoms with Gasteiger partial charge in [-0.15, -0.1) is 0 Å². The maximum atomic E-state index is 14.3. The van der Waals surface area contributed by atoms with Crippen molar-refractivity contribution in [3.8, 4) is 5.75 Å². The molecule has 0 bridgehead atoms. The van der Waals surface area contributed by atoms with Crippen LogP contribution in [0.15, 0.2) is 24.3 Å². The lowest BCUT2D eigenvalue weighted by Crippen LogP contribution is -2.40. The van der Waals surface area contributed by atoms with E-state index in [1.807, 2.05) is 6.08 Å². The minimum absolute atomic E-state index is 0.00863. The summed E-state index contributed by atoms with van der Waals surface area (Å²) >= 11 is 0. The Hall–Kier alpha value is -1.92. The third-order valence-corrected chi connectivity index (χ3v) is 3.70. The predicted molar refractivity (Wildman–Crippen MR) is 92.0 cm³/mol. The summed E-state index contributed by atoms with van der Waals surface area (Å²) in [6.07, 6.45) is 4.43. The average Bonchev–Trinajstić information content (AvgIpc) is 2.84. The number of ether oxygens (including phenoxy) is 4. The summed E-state index contributed by atoms with van der Waals surface area (Å²) < 4.78 is 35.7. The van der Waals surface area contributed by atoms with Gasteiger partial charge in [0.05, 0.1) is 25.9 Å². The van der Waals surface area contributed by atoms with E-state index in [0.29, 0.717) is 25.4 Å². The van der Waals surface area contributed by atoms with E-state index < -0.39 is 17.4 Å². The fourth-order valence-electron chi connectivity index (χ4n) is 2.34. The molecule has 1 unspecified atom stereocenters. The van der Waals surface area contributed by atoms with Crippen molar-refractivity contribution < 1.29 is 28.1 Å². The molecular formula is C19H25FO5. The molecule has 2 rings (SSSR count). The van der Waals surface area contributed by atoms with Gasteiger partial charge in [0.2, 0.25) is 0 Å². The summed E-state index contributed by atoms with van der Waals surface area (Å²) in [4.78, 5) is 11.8. The normalized spacial score (nSPS) is 18.8. The van der Waals surface area contributed by atoms with Gasteiger partial charge < -0.3 is 18.9 Å². The molecule has 6 heteroatoms. The molecule has 0 spiro atoms. The van der Waals surface area contributed by atoms with Gasteiger partial charge in [-0.2, -0.15) is 0 Å². The van der Waals surface area contributed by atoms with Crippen LogP contribution in [0.1, 0.15) is 32.8 Å². The molecule has 1 aliphatic heterocycles. The number of hydrogen-bond donors (Lipinski definition) is 0. The van der Waals surface area contributed by atoms with Crippen molar-refractivity contribution in [1.82, 2.24) is 0 Å². The van der Waals surface area contributed by atoms with Crippen LogP contribution < -0.4 is 4.74 Å². The molecule has 1 aromatic rings. The summed E-state index contributed by atoms with van der Waals surface area (Å²) in [5.41, 5.74) is -0.574. The Labute approximate surface area is 147 Å². The summed E-state index contributed by atoms with van der Waals surface area (Å²) in [7, 11) is 0. The Kier molecular flexibility index (Phi) is 6.96. The van der Waals surface area contributed by atoms with Crippen LogP contribution in [0.3, 0.4) is 0 Å². The summed E-state index contributed by atoms with van der Waals surface area (Å²) in [6, 6.07) is 4.59. The highest BCUT2D eigenvalue weighted by Crippen LogP contribution is 2.25. The van der Waals surface area contributed by atoms with Crippen LogP contribution in [-0.2, 0) is 19.0 Å². The highest BCUT2D eigenvalue weighted by Gasteiger charge is 2.32. The summed E-state index contributed by atoms with van der Waals surface area (Å²) in [5.74, 6) is -1.06. The van der Waals surface area contributed by atoms with Crippen molar-refractivity contribution in [2.75, 3.05) is 26.4 Å². The van der Waals surface area contributed by atoms with Crippen LogP contribution in [0.2, 0.25) is 0 Å². The third kappa shape index (κ3) is 5.83. The molecule has 1 aliphatic rings. The predicted octanol–water partition coefficient (Wildman–Crippen LogP) is 3.36.